The van der Waals surface area contributed by atoms with E-state index in [1.807, 2.05) is 11.8 Å². The summed E-state index contributed by atoms with van der Waals surface area (Å²) in [5.41, 5.74) is 0. The molecule has 7 heteroatoms. The summed E-state index contributed by atoms with van der Waals surface area (Å²) in [4.78, 5) is 31.3. The van der Waals surface area contributed by atoms with Crippen molar-refractivity contribution < 1.29 is 14.3 Å². The molecule has 1 unspecified atom stereocenters. The van der Waals surface area contributed by atoms with Crippen molar-refractivity contribution in [3.05, 3.63) is 0 Å². The Hall–Kier alpha value is -1.18. The maximum atomic E-state index is 12.5. The van der Waals surface area contributed by atoms with Crippen molar-refractivity contribution in [1.29, 1.82) is 0 Å². The molecule has 0 bridgehead atoms. The fourth-order valence-electron chi connectivity index (χ4n) is 4.36. The Morgan fingerprint density at radius 2 is 1.67 bits per heavy atom. The van der Waals surface area contributed by atoms with Gasteiger partial charge in [0.2, 0.25) is 11.8 Å². The third-order valence-electron chi connectivity index (χ3n) is 6.35. The molecule has 1 N–H and O–H groups in total. The number of nitrogens with zero attached hydrogens (tertiary/aromatic N) is 3. The van der Waals surface area contributed by atoms with E-state index in [1.165, 1.54) is 32.1 Å². The van der Waals surface area contributed by atoms with Crippen LogP contribution in [0, 0.1) is 5.92 Å². The monoisotopic (exact) mass is 380 g/mol. The number of morpholine rings is 1. The van der Waals surface area contributed by atoms with E-state index >= 15 is 0 Å². The van der Waals surface area contributed by atoms with E-state index in [0.29, 0.717) is 38.8 Å². The summed E-state index contributed by atoms with van der Waals surface area (Å²) in [5.74, 6) is 0.990. The van der Waals surface area contributed by atoms with Crippen molar-refractivity contribution >= 4 is 11.8 Å². The molecule has 3 fully saturated rings. The fourth-order valence-corrected chi connectivity index (χ4v) is 4.36. The molecule has 0 aromatic carbocycles. The van der Waals surface area contributed by atoms with Crippen LogP contribution < -0.4 is 5.32 Å². The zero-order chi connectivity index (χ0) is 19.1. The smallest absolute Gasteiger partial charge is 0.237 e. The molecule has 2 aliphatic heterocycles. The number of nitrogens with one attached hydrogen (secondary N) is 1. The van der Waals surface area contributed by atoms with Gasteiger partial charge in [0.15, 0.2) is 0 Å². The highest BCUT2D eigenvalue weighted by Gasteiger charge is 2.28. The summed E-state index contributed by atoms with van der Waals surface area (Å²) in [7, 11) is 0. The van der Waals surface area contributed by atoms with Crippen LogP contribution in [0.2, 0.25) is 0 Å². The lowest BCUT2D eigenvalue weighted by atomic mass is 9.89. The molecule has 27 heavy (non-hydrogen) atoms. The molecular formula is C20H36N4O3. The average Bonchev–Trinajstić information content (AvgIpc) is 2.73. The van der Waals surface area contributed by atoms with E-state index in [9.17, 15) is 9.59 Å². The number of amides is 2. The molecule has 0 aromatic heterocycles. The van der Waals surface area contributed by atoms with Crippen LogP contribution in [0.1, 0.15) is 39.0 Å². The number of hydrogen-bond donors (Lipinski definition) is 1. The Kier molecular flexibility index (Phi) is 7.91. The van der Waals surface area contributed by atoms with Crippen LogP contribution in [0.4, 0.5) is 0 Å². The number of piperazine rings is 1. The third-order valence-corrected chi connectivity index (χ3v) is 6.35. The Morgan fingerprint density at radius 3 is 2.33 bits per heavy atom. The average molecular weight is 381 g/mol. The first kappa shape index (κ1) is 20.6. The van der Waals surface area contributed by atoms with Crippen molar-refractivity contribution in [2.45, 2.75) is 45.1 Å². The van der Waals surface area contributed by atoms with Crippen molar-refractivity contribution in [2.75, 3.05) is 65.6 Å². The van der Waals surface area contributed by atoms with Crippen molar-refractivity contribution in [3.8, 4) is 0 Å². The van der Waals surface area contributed by atoms with Crippen LogP contribution >= 0.6 is 0 Å². The minimum Gasteiger partial charge on any atom is -0.379 e. The lowest BCUT2D eigenvalue weighted by Gasteiger charge is -2.38. The molecule has 7 nitrogen and oxygen atoms in total. The van der Waals surface area contributed by atoms with Crippen molar-refractivity contribution in [1.82, 2.24) is 20.0 Å². The maximum Gasteiger partial charge on any atom is 0.237 e. The number of hydrogen-bond acceptors (Lipinski definition) is 5. The zero-order valence-electron chi connectivity index (χ0n) is 16.8. The fraction of sp³-hybridized carbons (Fsp3) is 0.900. The molecular weight excluding hydrogens is 344 g/mol. The topological polar surface area (TPSA) is 65.1 Å². The number of carbonyl (C=O) groups excluding carboxylic acids is 2. The van der Waals surface area contributed by atoms with Gasteiger partial charge in [-0.05, 0) is 25.7 Å². The van der Waals surface area contributed by atoms with Gasteiger partial charge in [0.1, 0.15) is 0 Å². The highest BCUT2D eigenvalue weighted by atomic mass is 16.5. The Balaban J connectivity index is 1.35. The number of rotatable bonds is 6. The standard InChI is InChI=1S/C20H36N4O3/c1-17(20(26)21-15-18-5-3-2-4-6-18)23-7-9-24(10-8-23)19(25)16-22-11-13-27-14-12-22/h17-18H,2-16H2,1H3,(H,21,26). The molecule has 2 amide bonds. The van der Waals surface area contributed by atoms with E-state index in [4.69, 9.17) is 4.74 Å². The Bertz CT molecular complexity index is 482. The van der Waals surface area contributed by atoms with E-state index in [1.54, 1.807) is 0 Å². The van der Waals surface area contributed by atoms with Crippen LogP contribution in [0.3, 0.4) is 0 Å². The summed E-state index contributed by atoms with van der Waals surface area (Å²) in [6.45, 7) is 9.37. The van der Waals surface area contributed by atoms with Gasteiger partial charge in [-0.25, -0.2) is 0 Å². The van der Waals surface area contributed by atoms with Gasteiger partial charge in [0, 0.05) is 45.8 Å². The largest absolute Gasteiger partial charge is 0.379 e. The summed E-state index contributed by atoms with van der Waals surface area (Å²) >= 11 is 0. The quantitative estimate of drug-likeness (QED) is 0.729. The highest BCUT2D eigenvalue weighted by Crippen LogP contribution is 2.22. The molecule has 3 rings (SSSR count). The normalized spacial score (nSPS) is 24.6. The van der Waals surface area contributed by atoms with Crippen LogP contribution in [-0.4, -0.2) is 98.1 Å². The summed E-state index contributed by atoms with van der Waals surface area (Å²) in [6, 6.07) is -0.120. The minimum atomic E-state index is -0.120. The second kappa shape index (κ2) is 10.4. The SMILES string of the molecule is CC(C(=O)NCC1CCCCC1)N1CCN(C(=O)CN2CCOCC2)CC1. The van der Waals surface area contributed by atoms with Crippen molar-refractivity contribution in [2.24, 2.45) is 5.92 Å². The van der Waals surface area contributed by atoms with E-state index in [-0.39, 0.29) is 17.9 Å². The number of carbonyl (C=O) groups is 2. The van der Waals surface area contributed by atoms with Gasteiger partial charge in [0.05, 0.1) is 25.8 Å². The van der Waals surface area contributed by atoms with E-state index < -0.39 is 0 Å². The molecule has 3 aliphatic rings. The summed E-state index contributed by atoms with van der Waals surface area (Å²) in [6.07, 6.45) is 6.44. The third kappa shape index (κ3) is 6.16. The summed E-state index contributed by atoms with van der Waals surface area (Å²) in [5, 5.41) is 3.16. The van der Waals surface area contributed by atoms with Crippen LogP contribution in [0.25, 0.3) is 0 Å². The molecule has 0 spiro atoms. The molecule has 0 radical (unpaired) electrons. The van der Waals surface area contributed by atoms with Gasteiger partial charge in [-0.1, -0.05) is 19.3 Å². The Morgan fingerprint density at radius 1 is 1.00 bits per heavy atom. The maximum absolute atomic E-state index is 12.5. The first-order valence-corrected chi connectivity index (χ1v) is 10.7. The first-order valence-electron chi connectivity index (χ1n) is 10.7. The van der Waals surface area contributed by atoms with Crippen LogP contribution in [0.5, 0.6) is 0 Å². The second-order valence-corrected chi connectivity index (χ2v) is 8.23. The zero-order valence-corrected chi connectivity index (χ0v) is 16.8. The van der Waals surface area contributed by atoms with Gasteiger partial charge >= 0.3 is 0 Å². The van der Waals surface area contributed by atoms with Crippen LogP contribution in [-0.2, 0) is 14.3 Å². The van der Waals surface area contributed by atoms with Gasteiger partial charge in [-0.15, -0.1) is 0 Å². The molecule has 1 saturated carbocycles. The molecule has 1 atom stereocenters. The summed E-state index contributed by atoms with van der Waals surface area (Å²) < 4.78 is 5.34. The van der Waals surface area contributed by atoms with E-state index in [2.05, 4.69) is 15.1 Å². The predicted octanol–water partition coefficient (Wildman–Crippen LogP) is 0.548. The Labute approximate surface area is 163 Å². The van der Waals surface area contributed by atoms with E-state index in [0.717, 1.165) is 32.7 Å². The molecule has 0 aromatic rings. The van der Waals surface area contributed by atoms with Gasteiger partial charge in [-0.2, -0.15) is 0 Å². The lowest BCUT2D eigenvalue weighted by Crippen LogP contribution is -2.56. The van der Waals surface area contributed by atoms with Crippen molar-refractivity contribution in [3.63, 3.8) is 0 Å². The minimum absolute atomic E-state index is 0.120. The van der Waals surface area contributed by atoms with Gasteiger partial charge in [0.25, 0.3) is 0 Å². The second-order valence-electron chi connectivity index (χ2n) is 8.23. The van der Waals surface area contributed by atoms with Gasteiger partial charge in [-0.3, -0.25) is 19.4 Å². The predicted molar refractivity (Wildman–Crippen MR) is 104 cm³/mol. The first-order chi connectivity index (χ1) is 13.1. The molecule has 154 valence electrons. The number of ether oxygens (including phenoxy) is 1. The molecule has 2 saturated heterocycles. The van der Waals surface area contributed by atoms with Crippen LogP contribution in [0.15, 0.2) is 0 Å². The lowest BCUT2D eigenvalue weighted by molar-refractivity contribution is -0.136. The molecule has 1 aliphatic carbocycles. The van der Waals surface area contributed by atoms with Gasteiger partial charge < -0.3 is 15.0 Å². The highest BCUT2D eigenvalue weighted by molar-refractivity contribution is 5.81. The molecule has 2 heterocycles.